The van der Waals surface area contributed by atoms with Crippen LogP contribution in [0.4, 0.5) is 0 Å². The van der Waals surface area contributed by atoms with Crippen molar-refractivity contribution in [1.82, 2.24) is 24.8 Å². The second kappa shape index (κ2) is 13.9. The summed E-state index contributed by atoms with van der Waals surface area (Å²) < 4.78 is 20.6. The lowest BCUT2D eigenvalue weighted by Gasteiger charge is -2.32. The predicted octanol–water partition coefficient (Wildman–Crippen LogP) is 6.18. The predicted molar refractivity (Wildman–Crippen MR) is 169 cm³/mol. The molecule has 2 fully saturated rings. The van der Waals surface area contributed by atoms with Gasteiger partial charge in [-0.3, -0.25) is 4.68 Å². The fourth-order valence-electron chi connectivity index (χ4n) is 6.70. The highest BCUT2D eigenvalue weighted by atomic mass is 16.5. The van der Waals surface area contributed by atoms with E-state index in [0.29, 0.717) is 24.9 Å². The summed E-state index contributed by atoms with van der Waals surface area (Å²) in [5.41, 5.74) is 3.89. The highest BCUT2D eigenvalue weighted by Crippen LogP contribution is 2.36. The number of aliphatic hydroxyl groups is 1. The average Bonchev–Trinajstić information content (AvgIpc) is 3.69. The first kappa shape index (κ1) is 30.8. The van der Waals surface area contributed by atoms with Crippen LogP contribution in [0.15, 0.2) is 60.8 Å². The summed E-state index contributed by atoms with van der Waals surface area (Å²) >= 11 is 0. The Kier molecular flexibility index (Phi) is 9.49. The van der Waals surface area contributed by atoms with Gasteiger partial charge >= 0.3 is 5.97 Å². The van der Waals surface area contributed by atoms with Gasteiger partial charge in [0.2, 0.25) is 11.6 Å². The minimum Gasteiger partial charge on any atom is -0.497 e. The zero-order valence-electron chi connectivity index (χ0n) is 26.2. The van der Waals surface area contributed by atoms with Crippen molar-refractivity contribution in [1.29, 1.82) is 0 Å². The highest BCUT2D eigenvalue weighted by molar-refractivity contribution is 5.89. The van der Waals surface area contributed by atoms with E-state index >= 15 is 0 Å². The van der Waals surface area contributed by atoms with Gasteiger partial charge in [-0.1, -0.05) is 60.9 Å². The number of carbonyl (C=O) groups is 1. The maximum atomic E-state index is 12.7. The third-order valence-electron chi connectivity index (χ3n) is 9.23. The Morgan fingerprint density at radius 1 is 0.956 bits per heavy atom. The van der Waals surface area contributed by atoms with Crippen molar-refractivity contribution in [3.63, 3.8) is 0 Å². The van der Waals surface area contributed by atoms with Gasteiger partial charge in [0, 0.05) is 6.20 Å². The number of rotatable bonds is 11. The van der Waals surface area contributed by atoms with Gasteiger partial charge in [0.25, 0.3) is 0 Å². The van der Waals surface area contributed by atoms with Crippen molar-refractivity contribution in [2.45, 2.75) is 95.4 Å². The SMILES string of the molecule is CCOC(=O)c1nnn(Cc2ccc(OC)cc2)c1OC1CCC(c2ccc(-c3ccnn3CC3(O)CCCCC3)cc2)CC1. The highest BCUT2D eigenvalue weighted by Gasteiger charge is 2.31. The molecule has 2 aromatic heterocycles. The van der Waals surface area contributed by atoms with Gasteiger partial charge in [0.1, 0.15) is 11.9 Å². The molecule has 2 aliphatic carbocycles. The number of aromatic nitrogens is 5. The van der Waals surface area contributed by atoms with E-state index in [1.807, 2.05) is 41.2 Å². The van der Waals surface area contributed by atoms with Crippen molar-refractivity contribution in [2.75, 3.05) is 13.7 Å². The van der Waals surface area contributed by atoms with E-state index in [2.05, 4.69) is 39.7 Å². The normalized spacial score (nSPS) is 19.6. The summed E-state index contributed by atoms with van der Waals surface area (Å²) in [6.07, 6.45) is 10.5. The number of hydrogen-bond acceptors (Lipinski definition) is 8. The largest absolute Gasteiger partial charge is 0.497 e. The standard InChI is InChI=1S/C35H43N5O5/c1-3-44-34(41)32-33(39(38-37-32)23-25-7-15-29(43-2)16-8-25)45-30-17-13-27(14-18-30)26-9-11-28(12-10-26)31-19-22-36-40(31)24-35(42)20-5-4-6-21-35/h7-12,15-16,19,22,27,30,42H,3-6,13-14,17-18,20-21,23-24H2,1-2H3. The first-order valence-electron chi connectivity index (χ1n) is 16.2. The molecule has 2 heterocycles. The Morgan fingerprint density at radius 2 is 1.69 bits per heavy atom. The number of ether oxygens (including phenoxy) is 3. The molecule has 2 aliphatic rings. The fourth-order valence-corrected chi connectivity index (χ4v) is 6.70. The molecule has 2 aromatic carbocycles. The van der Waals surface area contributed by atoms with Crippen molar-refractivity contribution in [3.8, 4) is 22.9 Å². The minimum absolute atomic E-state index is 0.0539. The first-order chi connectivity index (χ1) is 21.9. The van der Waals surface area contributed by atoms with Gasteiger partial charge in [0.15, 0.2) is 0 Å². The molecule has 0 atom stereocenters. The van der Waals surface area contributed by atoms with Crippen LogP contribution >= 0.6 is 0 Å². The van der Waals surface area contributed by atoms with Crippen LogP contribution in [0.2, 0.25) is 0 Å². The van der Waals surface area contributed by atoms with E-state index in [4.69, 9.17) is 14.2 Å². The smallest absolute Gasteiger partial charge is 0.364 e. The van der Waals surface area contributed by atoms with Gasteiger partial charge in [-0.15, -0.1) is 5.10 Å². The summed E-state index contributed by atoms with van der Waals surface area (Å²) in [4.78, 5) is 12.7. The van der Waals surface area contributed by atoms with Crippen LogP contribution in [0.5, 0.6) is 11.6 Å². The Balaban J connectivity index is 1.10. The molecule has 0 radical (unpaired) electrons. The van der Waals surface area contributed by atoms with Crippen molar-refractivity contribution < 1.29 is 24.1 Å². The quantitative estimate of drug-likeness (QED) is 0.200. The second-order valence-corrected chi connectivity index (χ2v) is 12.3. The van der Waals surface area contributed by atoms with Crippen LogP contribution in [0.3, 0.4) is 0 Å². The summed E-state index contributed by atoms with van der Waals surface area (Å²) in [6.45, 7) is 2.96. The topological polar surface area (TPSA) is 114 Å². The molecule has 4 aromatic rings. The van der Waals surface area contributed by atoms with E-state index in [0.717, 1.165) is 73.9 Å². The Labute approximate surface area is 264 Å². The van der Waals surface area contributed by atoms with Crippen molar-refractivity contribution in [2.24, 2.45) is 0 Å². The molecule has 10 nitrogen and oxygen atoms in total. The summed E-state index contributed by atoms with van der Waals surface area (Å²) in [6, 6.07) is 18.5. The van der Waals surface area contributed by atoms with Crippen molar-refractivity contribution in [3.05, 3.63) is 77.6 Å². The van der Waals surface area contributed by atoms with Crippen LogP contribution in [0.1, 0.15) is 92.2 Å². The molecule has 45 heavy (non-hydrogen) atoms. The zero-order chi connectivity index (χ0) is 31.2. The molecule has 1 N–H and O–H groups in total. The number of carbonyl (C=O) groups excluding carboxylic acids is 1. The molecule has 0 bridgehead atoms. The van der Waals surface area contributed by atoms with E-state index in [1.54, 1.807) is 18.7 Å². The number of nitrogens with zero attached hydrogens (tertiary/aromatic N) is 5. The number of hydrogen-bond donors (Lipinski definition) is 1. The first-order valence-corrected chi connectivity index (χ1v) is 16.2. The lowest BCUT2D eigenvalue weighted by Crippen LogP contribution is -2.36. The molecular formula is C35H43N5O5. The third-order valence-corrected chi connectivity index (χ3v) is 9.23. The molecule has 6 rings (SSSR count). The monoisotopic (exact) mass is 613 g/mol. The molecule has 10 heteroatoms. The second-order valence-electron chi connectivity index (χ2n) is 12.3. The Morgan fingerprint density at radius 3 is 2.38 bits per heavy atom. The van der Waals surface area contributed by atoms with Crippen LogP contribution in [0, 0.1) is 0 Å². The Bertz CT molecular complexity index is 1550. The van der Waals surface area contributed by atoms with E-state index in [-0.39, 0.29) is 18.4 Å². The van der Waals surface area contributed by atoms with Gasteiger partial charge in [-0.2, -0.15) is 5.10 Å². The van der Waals surface area contributed by atoms with Crippen LogP contribution in [-0.2, 0) is 17.8 Å². The fraction of sp³-hybridized carbons (Fsp3) is 0.486. The van der Waals surface area contributed by atoms with E-state index in [1.165, 1.54) is 12.0 Å². The minimum atomic E-state index is -0.666. The summed E-state index contributed by atoms with van der Waals surface area (Å²) in [7, 11) is 1.63. The van der Waals surface area contributed by atoms with E-state index in [9.17, 15) is 9.90 Å². The molecule has 238 valence electrons. The average molecular weight is 614 g/mol. The molecule has 0 aliphatic heterocycles. The molecule has 2 saturated carbocycles. The van der Waals surface area contributed by atoms with Gasteiger partial charge < -0.3 is 19.3 Å². The lowest BCUT2D eigenvalue weighted by atomic mass is 9.82. The maximum Gasteiger partial charge on any atom is 0.364 e. The molecule has 0 saturated heterocycles. The maximum absolute atomic E-state index is 12.7. The Hall–Kier alpha value is -4.18. The molecular weight excluding hydrogens is 570 g/mol. The molecule has 0 amide bonds. The zero-order valence-corrected chi connectivity index (χ0v) is 26.2. The van der Waals surface area contributed by atoms with Crippen LogP contribution in [0.25, 0.3) is 11.3 Å². The van der Waals surface area contributed by atoms with Gasteiger partial charge in [-0.05, 0) is 86.3 Å². The van der Waals surface area contributed by atoms with Gasteiger partial charge in [0.05, 0.1) is 38.1 Å². The third kappa shape index (κ3) is 7.22. The summed E-state index contributed by atoms with van der Waals surface area (Å²) in [5, 5.41) is 24.0. The lowest BCUT2D eigenvalue weighted by molar-refractivity contribution is -0.0138. The van der Waals surface area contributed by atoms with E-state index < -0.39 is 11.6 Å². The number of esters is 1. The van der Waals surface area contributed by atoms with Crippen molar-refractivity contribution >= 4 is 5.97 Å². The molecule has 0 spiro atoms. The molecule has 0 unspecified atom stereocenters. The van der Waals surface area contributed by atoms with Crippen LogP contribution < -0.4 is 9.47 Å². The number of methoxy groups -OCH3 is 1. The van der Waals surface area contributed by atoms with Crippen LogP contribution in [-0.4, -0.2) is 61.3 Å². The summed E-state index contributed by atoms with van der Waals surface area (Å²) in [5.74, 6) is 1.02. The van der Waals surface area contributed by atoms with Gasteiger partial charge in [-0.25, -0.2) is 9.48 Å². The number of benzene rings is 2.